The standard InChI is InChI=1S/C28H33F3N2OS.2ClH/c1-21-18-22(20-33-14-4-2-5-15-33)8-11-26(21)34-16-6-3-7-17-35-27-12-13-32-25-19-23(28(29,30)31)9-10-24(25)27;;/h8-13,18-19H,2-7,14-17,20H2,1H3;2*1H. The Kier molecular flexibility index (Phi) is 12.8. The van der Waals surface area contributed by atoms with Crippen LogP contribution in [-0.2, 0) is 12.7 Å². The molecule has 3 nitrogen and oxygen atoms in total. The zero-order chi connectivity index (χ0) is 24.7. The van der Waals surface area contributed by atoms with Gasteiger partial charge in [0.25, 0.3) is 0 Å². The molecule has 2 aromatic carbocycles. The number of thioether (sulfide) groups is 1. The van der Waals surface area contributed by atoms with Crippen molar-refractivity contribution < 1.29 is 17.9 Å². The summed E-state index contributed by atoms with van der Waals surface area (Å²) in [5.41, 5.74) is 2.27. The van der Waals surface area contributed by atoms with E-state index in [0.717, 1.165) is 59.7 Å². The highest BCUT2D eigenvalue weighted by Crippen LogP contribution is 2.34. The van der Waals surface area contributed by atoms with Crippen molar-refractivity contribution in [3.05, 3.63) is 65.4 Å². The Bertz CT molecular complexity index is 1120. The normalized spacial score (nSPS) is 14.2. The molecule has 0 amide bonds. The maximum absolute atomic E-state index is 13.0. The van der Waals surface area contributed by atoms with Gasteiger partial charge >= 0.3 is 6.18 Å². The molecule has 1 fully saturated rings. The van der Waals surface area contributed by atoms with Gasteiger partial charge in [0.2, 0.25) is 0 Å². The third-order valence-corrected chi connectivity index (χ3v) is 7.59. The van der Waals surface area contributed by atoms with Gasteiger partial charge in [-0.2, -0.15) is 13.2 Å². The average molecular weight is 576 g/mol. The van der Waals surface area contributed by atoms with Crippen molar-refractivity contribution in [2.45, 2.75) is 63.1 Å². The smallest absolute Gasteiger partial charge is 0.416 e. The number of hydrogen-bond donors (Lipinski definition) is 0. The lowest BCUT2D eigenvalue weighted by atomic mass is 10.1. The van der Waals surface area contributed by atoms with Crippen LogP contribution in [0.5, 0.6) is 5.75 Å². The highest BCUT2D eigenvalue weighted by Gasteiger charge is 2.30. The quantitative estimate of drug-likeness (QED) is 0.178. The van der Waals surface area contributed by atoms with E-state index < -0.39 is 11.7 Å². The summed E-state index contributed by atoms with van der Waals surface area (Å²) in [5.74, 6) is 1.87. The van der Waals surface area contributed by atoms with Crippen LogP contribution in [-0.4, -0.2) is 35.3 Å². The Hall–Kier alpha value is -1.67. The van der Waals surface area contributed by atoms with E-state index in [9.17, 15) is 13.2 Å². The summed E-state index contributed by atoms with van der Waals surface area (Å²) in [6.45, 7) is 6.23. The number of piperidine rings is 1. The van der Waals surface area contributed by atoms with E-state index in [4.69, 9.17) is 4.74 Å². The molecule has 37 heavy (non-hydrogen) atoms. The molecule has 204 valence electrons. The number of aryl methyl sites for hydroxylation is 1. The highest BCUT2D eigenvalue weighted by molar-refractivity contribution is 7.99. The van der Waals surface area contributed by atoms with Crippen LogP contribution in [0.4, 0.5) is 13.2 Å². The van der Waals surface area contributed by atoms with Crippen molar-refractivity contribution >= 4 is 47.5 Å². The lowest BCUT2D eigenvalue weighted by molar-refractivity contribution is -0.137. The van der Waals surface area contributed by atoms with Crippen molar-refractivity contribution in [1.82, 2.24) is 9.88 Å². The van der Waals surface area contributed by atoms with Crippen molar-refractivity contribution in [3.63, 3.8) is 0 Å². The fourth-order valence-electron chi connectivity index (χ4n) is 4.52. The Labute approximate surface area is 234 Å². The molecule has 0 atom stereocenters. The molecule has 9 heteroatoms. The van der Waals surface area contributed by atoms with Gasteiger partial charge in [0.05, 0.1) is 17.7 Å². The lowest BCUT2D eigenvalue weighted by Gasteiger charge is -2.26. The number of benzene rings is 2. The summed E-state index contributed by atoms with van der Waals surface area (Å²) < 4.78 is 44.9. The molecule has 2 heterocycles. The van der Waals surface area contributed by atoms with Gasteiger partial charge in [0.1, 0.15) is 5.75 Å². The van der Waals surface area contributed by atoms with Crippen molar-refractivity contribution in [2.24, 2.45) is 0 Å². The van der Waals surface area contributed by atoms with E-state index in [-0.39, 0.29) is 24.8 Å². The topological polar surface area (TPSA) is 25.4 Å². The first-order valence-electron chi connectivity index (χ1n) is 12.4. The second-order valence-electron chi connectivity index (χ2n) is 9.23. The molecule has 0 unspecified atom stereocenters. The lowest BCUT2D eigenvalue weighted by Crippen LogP contribution is -2.29. The van der Waals surface area contributed by atoms with Gasteiger partial charge in [-0.1, -0.05) is 24.6 Å². The van der Waals surface area contributed by atoms with Crippen molar-refractivity contribution in [1.29, 1.82) is 0 Å². The minimum atomic E-state index is -4.35. The summed E-state index contributed by atoms with van der Waals surface area (Å²) in [6.07, 6.45) is 4.23. The molecule has 0 spiro atoms. The van der Waals surface area contributed by atoms with Crippen LogP contribution in [0.25, 0.3) is 10.9 Å². The number of rotatable bonds is 10. The molecule has 0 aliphatic carbocycles. The van der Waals surface area contributed by atoms with Crippen molar-refractivity contribution in [3.8, 4) is 5.75 Å². The van der Waals surface area contributed by atoms with Crippen LogP contribution in [0, 0.1) is 6.92 Å². The minimum Gasteiger partial charge on any atom is -0.493 e. The number of halogens is 5. The van der Waals surface area contributed by atoms with Crippen LogP contribution < -0.4 is 4.74 Å². The molecule has 1 aromatic heterocycles. The van der Waals surface area contributed by atoms with Crippen LogP contribution in [0.3, 0.4) is 0 Å². The second-order valence-corrected chi connectivity index (χ2v) is 10.4. The first kappa shape index (κ1) is 31.5. The summed E-state index contributed by atoms with van der Waals surface area (Å²) in [4.78, 5) is 7.63. The number of likely N-dealkylation sites (tertiary alicyclic amines) is 1. The Morgan fingerprint density at radius 1 is 0.946 bits per heavy atom. The third kappa shape index (κ3) is 9.24. The maximum Gasteiger partial charge on any atom is 0.416 e. The van der Waals surface area contributed by atoms with E-state index in [0.29, 0.717) is 12.1 Å². The Morgan fingerprint density at radius 2 is 1.73 bits per heavy atom. The summed E-state index contributed by atoms with van der Waals surface area (Å²) in [7, 11) is 0. The predicted molar refractivity (Wildman–Crippen MR) is 152 cm³/mol. The summed E-state index contributed by atoms with van der Waals surface area (Å²) in [6, 6.07) is 12.2. The largest absolute Gasteiger partial charge is 0.493 e. The van der Waals surface area contributed by atoms with Crippen LogP contribution in [0.15, 0.2) is 53.6 Å². The van der Waals surface area contributed by atoms with Gasteiger partial charge in [-0.3, -0.25) is 9.88 Å². The average Bonchev–Trinajstić information content (AvgIpc) is 2.84. The molecule has 1 aliphatic heterocycles. The molecule has 1 aliphatic rings. The number of ether oxygens (including phenoxy) is 1. The number of aromatic nitrogens is 1. The zero-order valence-electron chi connectivity index (χ0n) is 21.1. The van der Waals surface area contributed by atoms with Gasteiger partial charge in [0.15, 0.2) is 0 Å². The van der Waals surface area contributed by atoms with Crippen molar-refractivity contribution in [2.75, 3.05) is 25.4 Å². The fourth-order valence-corrected chi connectivity index (χ4v) is 5.57. The molecular formula is C28H35Cl2F3N2OS. The fraction of sp³-hybridized carbons (Fsp3) is 0.464. The van der Waals surface area contributed by atoms with Crippen LogP contribution in [0.1, 0.15) is 55.2 Å². The van der Waals surface area contributed by atoms with Crippen LogP contribution >= 0.6 is 36.6 Å². The molecule has 0 N–H and O–H groups in total. The van der Waals surface area contributed by atoms with Gasteiger partial charge in [-0.15, -0.1) is 36.6 Å². The third-order valence-electron chi connectivity index (χ3n) is 6.43. The molecule has 0 saturated carbocycles. The Morgan fingerprint density at radius 3 is 2.46 bits per heavy atom. The monoisotopic (exact) mass is 574 g/mol. The van der Waals surface area contributed by atoms with Gasteiger partial charge in [-0.25, -0.2) is 0 Å². The predicted octanol–water partition coefficient (Wildman–Crippen LogP) is 8.73. The molecule has 1 saturated heterocycles. The summed E-state index contributed by atoms with van der Waals surface area (Å²) in [5, 5.41) is 0.771. The highest BCUT2D eigenvalue weighted by atomic mass is 35.5. The number of nitrogens with zero attached hydrogens (tertiary/aromatic N) is 2. The van der Waals surface area contributed by atoms with Crippen LogP contribution in [0.2, 0.25) is 0 Å². The van der Waals surface area contributed by atoms with E-state index in [1.54, 1.807) is 18.0 Å². The molecule has 0 radical (unpaired) electrons. The molecular weight excluding hydrogens is 540 g/mol. The van der Waals surface area contributed by atoms with E-state index in [2.05, 4.69) is 35.0 Å². The maximum atomic E-state index is 13.0. The second kappa shape index (κ2) is 15.1. The van der Waals surface area contributed by atoms with Gasteiger partial charge in [0, 0.05) is 23.0 Å². The van der Waals surface area contributed by atoms with E-state index >= 15 is 0 Å². The van der Waals surface area contributed by atoms with Gasteiger partial charge < -0.3 is 4.74 Å². The van der Waals surface area contributed by atoms with Gasteiger partial charge in [-0.05, 0) is 93.3 Å². The SMILES string of the molecule is Cc1cc(CN2CCCCC2)ccc1OCCCCCSc1ccnc2cc(C(F)(F)F)ccc12.Cl.Cl. The van der Waals surface area contributed by atoms with E-state index in [1.165, 1.54) is 49.5 Å². The Balaban J connectivity index is 0.00000241. The first-order valence-corrected chi connectivity index (χ1v) is 13.4. The molecule has 3 aromatic rings. The first-order chi connectivity index (χ1) is 16.9. The minimum absolute atomic E-state index is 0. The number of unbranched alkanes of at least 4 members (excludes halogenated alkanes) is 2. The summed E-state index contributed by atoms with van der Waals surface area (Å²) >= 11 is 1.67. The molecule has 4 rings (SSSR count). The zero-order valence-corrected chi connectivity index (χ0v) is 23.5. The number of pyridine rings is 1. The van der Waals surface area contributed by atoms with E-state index in [1.807, 2.05) is 6.07 Å². The number of alkyl halides is 3. The molecule has 0 bridgehead atoms. The number of hydrogen-bond acceptors (Lipinski definition) is 4. The number of fused-ring (bicyclic) bond motifs is 1.